The average molecular weight is 268 g/mol. The van der Waals surface area contributed by atoms with E-state index in [1.54, 1.807) is 4.90 Å². The first kappa shape index (κ1) is 14.1. The Morgan fingerprint density at radius 3 is 2.45 bits per heavy atom. The molecule has 0 fully saturated rings. The Labute approximate surface area is 120 Å². The van der Waals surface area contributed by atoms with E-state index in [2.05, 4.69) is 6.92 Å². The lowest BCUT2D eigenvalue weighted by molar-refractivity contribution is 0.0987. The number of carbonyl (C=O) groups excluding carboxylic acids is 1. The second-order valence-corrected chi connectivity index (χ2v) is 4.92. The predicted octanol–water partition coefficient (Wildman–Crippen LogP) is 3.63. The molecule has 20 heavy (non-hydrogen) atoms. The molecule has 3 heteroatoms. The van der Waals surface area contributed by atoms with Crippen LogP contribution in [0, 0.1) is 6.92 Å². The standard InChI is InChI=1S/C17H20N2O/c1-3-11-19(16-6-4-5-15(18)12-16)17(20)14-9-7-13(2)8-10-14/h4-10,12H,3,11,18H2,1-2H3. The van der Waals surface area contributed by atoms with Crippen LogP contribution in [0.1, 0.15) is 29.3 Å². The van der Waals surface area contributed by atoms with Gasteiger partial charge in [-0.3, -0.25) is 4.79 Å². The molecule has 0 spiro atoms. The monoisotopic (exact) mass is 268 g/mol. The number of nitrogens with two attached hydrogens (primary N) is 1. The minimum absolute atomic E-state index is 0.0115. The van der Waals surface area contributed by atoms with E-state index >= 15 is 0 Å². The molecule has 0 unspecified atom stereocenters. The number of rotatable bonds is 4. The SMILES string of the molecule is CCCN(C(=O)c1ccc(C)cc1)c1cccc(N)c1. The van der Waals surface area contributed by atoms with E-state index in [0.29, 0.717) is 17.8 Å². The molecule has 0 aliphatic heterocycles. The van der Waals surface area contributed by atoms with Crippen LogP contribution < -0.4 is 10.6 Å². The van der Waals surface area contributed by atoms with E-state index in [9.17, 15) is 4.79 Å². The van der Waals surface area contributed by atoms with Crippen molar-refractivity contribution in [1.82, 2.24) is 0 Å². The summed E-state index contributed by atoms with van der Waals surface area (Å²) < 4.78 is 0. The van der Waals surface area contributed by atoms with Crippen molar-refractivity contribution in [2.24, 2.45) is 0 Å². The van der Waals surface area contributed by atoms with E-state index in [0.717, 1.165) is 17.7 Å². The van der Waals surface area contributed by atoms with Crippen LogP contribution in [0.3, 0.4) is 0 Å². The van der Waals surface area contributed by atoms with E-state index in [-0.39, 0.29) is 5.91 Å². The number of aryl methyl sites for hydroxylation is 1. The molecule has 0 saturated carbocycles. The number of hydrogen-bond acceptors (Lipinski definition) is 2. The highest BCUT2D eigenvalue weighted by Crippen LogP contribution is 2.20. The van der Waals surface area contributed by atoms with Gasteiger partial charge in [-0.1, -0.05) is 30.7 Å². The molecule has 2 aromatic rings. The summed E-state index contributed by atoms with van der Waals surface area (Å²) in [5, 5.41) is 0. The van der Waals surface area contributed by atoms with Gasteiger partial charge in [-0.15, -0.1) is 0 Å². The van der Waals surface area contributed by atoms with Crippen molar-refractivity contribution < 1.29 is 4.79 Å². The van der Waals surface area contributed by atoms with Gasteiger partial charge in [-0.2, -0.15) is 0 Å². The highest BCUT2D eigenvalue weighted by atomic mass is 16.2. The zero-order valence-corrected chi connectivity index (χ0v) is 12.0. The molecule has 3 nitrogen and oxygen atoms in total. The van der Waals surface area contributed by atoms with Crippen LogP contribution in [-0.4, -0.2) is 12.5 Å². The van der Waals surface area contributed by atoms with Crippen LogP contribution in [-0.2, 0) is 0 Å². The zero-order valence-electron chi connectivity index (χ0n) is 12.0. The summed E-state index contributed by atoms with van der Waals surface area (Å²) in [4.78, 5) is 14.4. The Balaban J connectivity index is 2.33. The summed E-state index contributed by atoms with van der Waals surface area (Å²) >= 11 is 0. The van der Waals surface area contributed by atoms with Crippen molar-refractivity contribution in [2.75, 3.05) is 17.2 Å². The number of anilines is 2. The smallest absolute Gasteiger partial charge is 0.258 e. The van der Waals surface area contributed by atoms with Gasteiger partial charge >= 0.3 is 0 Å². The van der Waals surface area contributed by atoms with Gasteiger partial charge in [-0.25, -0.2) is 0 Å². The molecule has 0 aromatic heterocycles. The first-order valence-electron chi connectivity index (χ1n) is 6.86. The summed E-state index contributed by atoms with van der Waals surface area (Å²) in [6, 6.07) is 15.1. The highest BCUT2D eigenvalue weighted by molar-refractivity contribution is 6.06. The van der Waals surface area contributed by atoms with Crippen LogP contribution in [0.25, 0.3) is 0 Å². The molecule has 2 rings (SSSR count). The molecule has 0 heterocycles. The summed E-state index contributed by atoms with van der Waals surface area (Å²) in [5.41, 5.74) is 9.17. The largest absolute Gasteiger partial charge is 0.399 e. The maximum Gasteiger partial charge on any atom is 0.258 e. The fraction of sp³-hybridized carbons (Fsp3) is 0.235. The summed E-state index contributed by atoms with van der Waals surface area (Å²) in [6.07, 6.45) is 0.895. The van der Waals surface area contributed by atoms with Crippen molar-refractivity contribution in [3.63, 3.8) is 0 Å². The second-order valence-electron chi connectivity index (χ2n) is 4.92. The third-order valence-corrected chi connectivity index (χ3v) is 3.17. The number of benzene rings is 2. The molecule has 0 saturated heterocycles. The van der Waals surface area contributed by atoms with Gasteiger partial charge in [0.15, 0.2) is 0 Å². The lowest BCUT2D eigenvalue weighted by Crippen LogP contribution is -2.31. The van der Waals surface area contributed by atoms with Gasteiger partial charge < -0.3 is 10.6 Å². The van der Waals surface area contributed by atoms with E-state index in [1.807, 2.05) is 55.5 Å². The Hall–Kier alpha value is -2.29. The third-order valence-electron chi connectivity index (χ3n) is 3.17. The summed E-state index contributed by atoms with van der Waals surface area (Å²) in [5.74, 6) is 0.0115. The fourth-order valence-corrected chi connectivity index (χ4v) is 2.12. The first-order chi connectivity index (χ1) is 9.61. The van der Waals surface area contributed by atoms with Crippen LogP contribution in [0.5, 0.6) is 0 Å². The van der Waals surface area contributed by atoms with Gasteiger partial charge in [0.05, 0.1) is 0 Å². The lowest BCUT2D eigenvalue weighted by Gasteiger charge is -2.22. The average Bonchev–Trinajstić information content (AvgIpc) is 2.45. The van der Waals surface area contributed by atoms with Gasteiger partial charge in [0.1, 0.15) is 0 Å². The molecule has 0 radical (unpaired) electrons. The topological polar surface area (TPSA) is 46.3 Å². The number of nitrogens with zero attached hydrogens (tertiary/aromatic N) is 1. The van der Waals surface area contributed by atoms with E-state index < -0.39 is 0 Å². The van der Waals surface area contributed by atoms with Crippen molar-refractivity contribution in [2.45, 2.75) is 20.3 Å². The molecule has 2 aromatic carbocycles. The number of nitrogen functional groups attached to an aromatic ring is 1. The van der Waals surface area contributed by atoms with Gasteiger partial charge in [-0.05, 0) is 43.7 Å². The molecule has 0 bridgehead atoms. The van der Waals surface area contributed by atoms with Crippen LogP contribution in [0.15, 0.2) is 48.5 Å². The van der Waals surface area contributed by atoms with Gasteiger partial charge in [0.25, 0.3) is 5.91 Å². The summed E-state index contributed by atoms with van der Waals surface area (Å²) in [6.45, 7) is 4.74. The highest BCUT2D eigenvalue weighted by Gasteiger charge is 2.16. The minimum atomic E-state index is 0.0115. The van der Waals surface area contributed by atoms with E-state index in [1.165, 1.54) is 0 Å². The molecular formula is C17H20N2O. The van der Waals surface area contributed by atoms with Crippen molar-refractivity contribution in [3.8, 4) is 0 Å². The Kier molecular flexibility index (Phi) is 4.41. The number of carbonyl (C=O) groups is 1. The fourth-order valence-electron chi connectivity index (χ4n) is 2.12. The Morgan fingerprint density at radius 2 is 1.85 bits per heavy atom. The zero-order chi connectivity index (χ0) is 14.5. The molecule has 1 amide bonds. The molecule has 2 N–H and O–H groups in total. The Bertz CT molecular complexity index is 590. The Morgan fingerprint density at radius 1 is 1.15 bits per heavy atom. The van der Waals surface area contributed by atoms with Crippen LogP contribution in [0.4, 0.5) is 11.4 Å². The maximum atomic E-state index is 12.6. The molecule has 0 atom stereocenters. The van der Waals surface area contributed by atoms with Gasteiger partial charge in [0.2, 0.25) is 0 Å². The maximum absolute atomic E-state index is 12.6. The molecule has 0 aliphatic rings. The predicted molar refractivity (Wildman–Crippen MR) is 84.0 cm³/mol. The first-order valence-corrected chi connectivity index (χ1v) is 6.86. The molecular weight excluding hydrogens is 248 g/mol. The van der Waals surface area contributed by atoms with E-state index in [4.69, 9.17) is 5.73 Å². The van der Waals surface area contributed by atoms with Crippen molar-refractivity contribution in [1.29, 1.82) is 0 Å². The van der Waals surface area contributed by atoms with Crippen molar-refractivity contribution in [3.05, 3.63) is 59.7 Å². The molecule has 104 valence electrons. The third kappa shape index (κ3) is 3.18. The summed E-state index contributed by atoms with van der Waals surface area (Å²) in [7, 11) is 0. The number of amides is 1. The molecule has 0 aliphatic carbocycles. The van der Waals surface area contributed by atoms with Crippen molar-refractivity contribution >= 4 is 17.3 Å². The van der Waals surface area contributed by atoms with Crippen LogP contribution >= 0.6 is 0 Å². The normalized spacial score (nSPS) is 10.3. The van der Waals surface area contributed by atoms with Gasteiger partial charge in [0, 0.05) is 23.5 Å². The lowest BCUT2D eigenvalue weighted by atomic mass is 10.1. The quantitative estimate of drug-likeness (QED) is 0.861. The minimum Gasteiger partial charge on any atom is -0.399 e. The second kappa shape index (κ2) is 6.24. The van der Waals surface area contributed by atoms with Crippen LogP contribution in [0.2, 0.25) is 0 Å². The number of hydrogen-bond donors (Lipinski definition) is 1.